The summed E-state index contributed by atoms with van der Waals surface area (Å²) < 4.78 is 20.8. The first-order valence-corrected chi connectivity index (χ1v) is 5.65. The van der Waals surface area contributed by atoms with Crippen molar-refractivity contribution in [2.45, 2.75) is 5.75 Å². The predicted molar refractivity (Wildman–Crippen MR) is 52.1 cm³/mol. The minimum absolute atomic E-state index is 0.156. The highest BCUT2D eigenvalue weighted by Crippen LogP contribution is 2.06. The Hall–Kier alpha value is -1.21. The summed E-state index contributed by atoms with van der Waals surface area (Å²) in [6.07, 6.45) is 0. The van der Waals surface area contributed by atoms with E-state index >= 15 is 0 Å². The van der Waals surface area contributed by atoms with Crippen LogP contribution in [0, 0.1) is 0 Å². The van der Waals surface area contributed by atoms with Gasteiger partial charge in [0.2, 0.25) is 0 Å². The van der Waals surface area contributed by atoms with Crippen LogP contribution in [-0.4, -0.2) is 39.9 Å². The molecule has 1 unspecified atom stereocenters. The molecule has 1 aromatic rings. The average molecular weight is 233 g/mol. The molecule has 0 aliphatic rings. The number of carboxylic acids is 1. The van der Waals surface area contributed by atoms with E-state index in [4.69, 9.17) is 14.4 Å². The average Bonchev–Trinajstić information content (AvgIpc) is 2.63. The van der Waals surface area contributed by atoms with Crippen LogP contribution >= 0.6 is 0 Å². The fourth-order valence-corrected chi connectivity index (χ4v) is 1.84. The molecule has 0 saturated carbocycles. The molecule has 6 nitrogen and oxygen atoms in total. The molecule has 0 fully saturated rings. The summed E-state index contributed by atoms with van der Waals surface area (Å²) in [5.74, 6) is -0.307. The molecule has 1 heterocycles. The molecule has 1 rings (SSSR count). The van der Waals surface area contributed by atoms with Crippen LogP contribution in [0.25, 0.3) is 0 Å². The quantitative estimate of drug-likeness (QED) is 0.758. The Balaban J connectivity index is 2.50. The highest BCUT2D eigenvalue weighted by atomic mass is 32.2. The maximum Gasteiger partial charge on any atom is 0.358 e. The van der Waals surface area contributed by atoms with Gasteiger partial charge in [-0.05, 0) is 0 Å². The largest absolute Gasteiger partial charge is 0.476 e. The van der Waals surface area contributed by atoms with Crippen molar-refractivity contribution >= 4 is 16.8 Å². The van der Waals surface area contributed by atoms with Crippen LogP contribution in [0.2, 0.25) is 0 Å². The fourth-order valence-electron chi connectivity index (χ4n) is 0.889. The maximum atomic E-state index is 11.3. The molecule has 0 spiro atoms. The van der Waals surface area contributed by atoms with Gasteiger partial charge in [0.15, 0.2) is 5.69 Å². The number of ether oxygens (including phenoxy) is 1. The minimum Gasteiger partial charge on any atom is -0.476 e. The Kier molecular flexibility index (Phi) is 4.44. The van der Waals surface area contributed by atoms with Gasteiger partial charge in [0.05, 0.1) is 12.4 Å². The van der Waals surface area contributed by atoms with Crippen LogP contribution in [0.3, 0.4) is 0 Å². The van der Waals surface area contributed by atoms with Gasteiger partial charge in [-0.1, -0.05) is 5.16 Å². The lowest BCUT2D eigenvalue weighted by Gasteiger charge is -1.97. The number of hydrogen-bond donors (Lipinski definition) is 1. The summed E-state index contributed by atoms with van der Waals surface area (Å²) in [6.45, 7) is 0.395. The first kappa shape index (κ1) is 11.9. The predicted octanol–water partition coefficient (Wildman–Crippen LogP) is 0.268. The van der Waals surface area contributed by atoms with Crippen LogP contribution in [0.15, 0.2) is 10.6 Å². The third-order valence-electron chi connectivity index (χ3n) is 1.60. The number of nitrogens with zero attached hydrogens (tertiary/aromatic N) is 1. The summed E-state index contributed by atoms with van der Waals surface area (Å²) in [6, 6.07) is 1.27. The van der Waals surface area contributed by atoms with E-state index < -0.39 is 16.8 Å². The second kappa shape index (κ2) is 5.62. The molecule has 0 radical (unpaired) electrons. The fraction of sp³-hybridized carbons (Fsp3) is 0.500. The van der Waals surface area contributed by atoms with E-state index in [1.807, 2.05) is 0 Å². The minimum atomic E-state index is -1.16. The molecular formula is C8H11NO5S. The van der Waals surface area contributed by atoms with Gasteiger partial charge < -0.3 is 14.4 Å². The van der Waals surface area contributed by atoms with E-state index in [9.17, 15) is 9.00 Å². The van der Waals surface area contributed by atoms with Gasteiger partial charge in [-0.2, -0.15) is 0 Å². The van der Waals surface area contributed by atoms with Gasteiger partial charge in [0.1, 0.15) is 5.76 Å². The lowest BCUT2D eigenvalue weighted by Crippen LogP contribution is -2.05. The van der Waals surface area contributed by atoms with Crippen molar-refractivity contribution in [2.75, 3.05) is 19.5 Å². The van der Waals surface area contributed by atoms with Gasteiger partial charge in [-0.25, -0.2) is 4.79 Å². The maximum absolute atomic E-state index is 11.3. The van der Waals surface area contributed by atoms with Crippen molar-refractivity contribution in [2.24, 2.45) is 0 Å². The number of rotatable bonds is 6. The smallest absolute Gasteiger partial charge is 0.358 e. The first-order valence-electron chi connectivity index (χ1n) is 4.16. The van der Waals surface area contributed by atoms with Crippen molar-refractivity contribution in [3.63, 3.8) is 0 Å². The van der Waals surface area contributed by atoms with Crippen molar-refractivity contribution in [1.82, 2.24) is 5.16 Å². The zero-order valence-corrected chi connectivity index (χ0v) is 8.95. The first-order chi connectivity index (χ1) is 7.13. The van der Waals surface area contributed by atoms with Crippen molar-refractivity contribution < 1.29 is 23.4 Å². The van der Waals surface area contributed by atoms with E-state index in [-0.39, 0.29) is 11.4 Å². The van der Waals surface area contributed by atoms with Gasteiger partial charge in [0, 0.05) is 29.7 Å². The van der Waals surface area contributed by atoms with Gasteiger partial charge >= 0.3 is 5.97 Å². The number of aromatic carboxylic acids is 1. The molecule has 1 atom stereocenters. The van der Waals surface area contributed by atoms with Gasteiger partial charge in [-0.15, -0.1) is 0 Å². The molecule has 1 N–H and O–H groups in total. The zero-order chi connectivity index (χ0) is 11.3. The third-order valence-corrected chi connectivity index (χ3v) is 2.82. The zero-order valence-electron chi connectivity index (χ0n) is 8.13. The van der Waals surface area contributed by atoms with E-state index in [1.165, 1.54) is 13.2 Å². The molecule has 0 saturated heterocycles. The normalized spacial score (nSPS) is 12.6. The monoisotopic (exact) mass is 233 g/mol. The van der Waals surface area contributed by atoms with Crippen molar-refractivity contribution in [3.8, 4) is 0 Å². The summed E-state index contributed by atoms with van der Waals surface area (Å²) >= 11 is 0. The van der Waals surface area contributed by atoms with Crippen LogP contribution in [0.5, 0.6) is 0 Å². The topological polar surface area (TPSA) is 89.6 Å². The summed E-state index contributed by atoms with van der Waals surface area (Å²) in [5.41, 5.74) is -0.172. The van der Waals surface area contributed by atoms with Crippen LogP contribution in [0.4, 0.5) is 0 Å². The third kappa shape index (κ3) is 3.80. The van der Waals surface area contributed by atoms with Crippen LogP contribution < -0.4 is 0 Å². The number of methoxy groups -OCH3 is 1. The van der Waals surface area contributed by atoms with Gasteiger partial charge in [0.25, 0.3) is 0 Å². The van der Waals surface area contributed by atoms with E-state index in [0.717, 1.165) is 0 Å². The Labute approximate surface area is 88.7 Å². The van der Waals surface area contributed by atoms with Crippen molar-refractivity contribution in [3.05, 3.63) is 17.5 Å². The number of hydrogen-bond acceptors (Lipinski definition) is 5. The molecule has 0 aliphatic heterocycles. The molecule has 7 heteroatoms. The molecule has 0 amide bonds. The van der Waals surface area contributed by atoms with E-state index in [2.05, 4.69) is 5.16 Å². The second-order valence-corrected chi connectivity index (χ2v) is 4.34. The number of aromatic nitrogens is 1. The Morgan fingerprint density at radius 1 is 1.73 bits per heavy atom. The van der Waals surface area contributed by atoms with Crippen LogP contribution in [-0.2, 0) is 21.3 Å². The van der Waals surface area contributed by atoms with Crippen LogP contribution in [0.1, 0.15) is 16.2 Å². The van der Waals surface area contributed by atoms with E-state index in [1.54, 1.807) is 0 Å². The van der Waals surface area contributed by atoms with Gasteiger partial charge in [-0.3, -0.25) is 4.21 Å². The Bertz CT molecular complexity index is 362. The molecule has 15 heavy (non-hydrogen) atoms. The van der Waals surface area contributed by atoms with Crippen molar-refractivity contribution in [1.29, 1.82) is 0 Å². The lowest BCUT2D eigenvalue weighted by atomic mass is 10.4. The summed E-state index contributed by atoms with van der Waals surface area (Å²) in [4.78, 5) is 10.5. The molecule has 0 aromatic carbocycles. The highest BCUT2D eigenvalue weighted by Gasteiger charge is 2.12. The Morgan fingerprint density at radius 2 is 2.47 bits per heavy atom. The Morgan fingerprint density at radius 3 is 3.00 bits per heavy atom. The standard InChI is InChI=1S/C8H11NO5S/c1-13-2-3-15(12)5-6-4-7(8(10)11)9-14-6/h4H,2-3,5H2,1H3,(H,10,11). The molecule has 0 aliphatic carbocycles. The van der Waals surface area contributed by atoms with E-state index in [0.29, 0.717) is 18.1 Å². The molecular weight excluding hydrogens is 222 g/mol. The molecule has 0 bridgehead atoms. The summed E-state index contributed by atoms with van der Waals surface area (Å²) in [5, 5.41) is 11.9. The molecule has 1 aromatic heterocycles. The lowest BCUT2D eigenvalue weighted by molar-refractivity contribution is 0.0685. The highest BCUT2D eigenvalue weighted by molar-refractivity contribution is 7.84. The molecule has 84 valence electrons. The SMILES string of the molecule is COCCS(=O)Cc1cc(C(=O)O)no1. The number of carboxylic acid groups (broad SMARTS) is 1. The number of carbonyl (C=O) groups is 1. The second-order valence-electron chi connectivity index (χ2n) is 2.76. The summed E-state index contributed by atoms with van der Waals surface area (Å²) in [7, 11) is 0.400.